The molecule has 1 aliphatic carbocycles. The van der Waals surface area contributed by atoms with Crippen LogP contribution in [0, 0.1) is 0 Å². The molecule has 0 fully saturated rings. The van der Waals surface area contributed by atoms with Gasteiger partial charge in [0.15, 0.2) is 5.82 Å². The Morgan fingerprint density at radius 1 is 0.952 bits per heavy atom. The van der Waals surface area contributed by atoms with Crippen LogP contribution in [-0.2, 0) is 12.8 Å². The molecule has 0 spiro atoms. The van der Waals surface area contributed by atoms with E-state index in [2.05, 4.69) is 9.97 Å². The highest BCUT2D eigenvalue weighted by atomic mass is 35.5. The Kier molecular flexibility index (Phi) is 3.08. The highest BCUT2D eigenvalue weighted by molar-refractivity contribution is 6.30. The Balaban J connectivity index is 1.95. The van der Waals surface area contributed by atoms with Crippen LogP contribution in [-0.4, -0.2) is 15.0 Å². The third kappa shape index (κ3) is 2.18. The number of nitrogens with zero attached hydrogens (tertiary/aromatic N) is 3. The number of aryl methyl sites for hydroxylation is 1. The van der Waals surface area contributed by atoms with E-state index in [0.717, 1.165) is 40.6 Å². The molecule has 0 bridgehead atoms. The average Bonchev–Trinajstić information content (AvgIpc) is 2.54. The molecule has 2 heterocycles. The Labute approximate surface area is 128 Å². The van der Waals surface area contributed by atoms with E-state index in [-0.39, 0.29) is 0 Å². The van der Waals surface area contributed by atoms with Gasteiger partial charge in [-0.25, -0.2) is 9.97 Å². The minimum Gasteiger partial charge on any atom is -0.255 e. The predicted molar refractivity (Wildman–Crippen MR) is 84.4 cm³/mol. The number of halogens is 1. The second kappa shape index (κ2) is 5.08. The van der Waals surface area contributed by atoms with Gasteiger partial charge in [-0.1, -0.05) is 29.8 Å². The van der Waals surface area contributed by atoms with Crippen LogP contribution in [0.15, 0.2) is 36.5 Å². The number of pyridine rings is 1. The number of aromatic nitrogens is 3. The van der Waals surface area contributed by atoms with Crippen LogP contribution in [0.1, 0.15) is 24.1 Å². The Bertz CT molecular complexity index is 824. The van der Waals surface area contributed by atoms with Gasteiger partial charge in [0.25, 0.3) is 0 Å². The highest BCUT2D eigenvalue weighted by Crippen LogP contribution is 2.30. The summed E-state index contributed by atoms with van der Waals surface area (Å²) in [5.41, 5.74) is 4.10. The molecule has 104 valence electrons. The molecule has 4 rings (SSSR count). The molecule has 0 saturated heterocycles. The number of para-hydroxylation sites is 1. The molecular weight excluding hydrogens is 282 g/mol. The van der Waals surface area contributed by atoms with Gasteiger partial charge in [0, 0.05) is 28.4 Å². The van der Waals surface area contributed by atoms with Crippen LogP contribution >= 0.6 is 11.6 Å². The van der Waals surface area contributed by atoms with Crippen LogP contribution in [0.2, 0.25) is 5.15 Å². The molecule has 0 unspecified atom stereocenters. The number of hydrogen-bond donors (Lipinski definition) is 0. The Morgan fingerprint density at radius 3 is 2.76 bits per heavy atom. The van der Waals surface area contributed by atoms with E-state index in [9.17, 15) is 0 Å². The molecule has 0 amide bonds. The van der Waals surface area contributed by atoms with Crippen molar-refractivity contribution >= 4 is 22.5 Å². The van der Waals surface area contributed by atoms with E-state index in [1.807, 2.05) is 30.3 Å². The maximum absolute atomic E-state index is 6.38. The van der Waals surface area contributed by atoms with Crippen molar-refractivity contribution in [3.63, 3.8) is 0 Å². The third-order valence-electron chi connectivity index (χ3n) is 4.01. The normalized spacial score (nSPS) is 14.1. The van der Waals surface area contributed by atoms with Crippen LogP contribution < -0.4 is 0 Å². The summed E-state index contributed by atoms with van der Waals surface area (Å²) in [7, 11) is 0. The van der Waals surface area contributed by atoms with Crippen LogP contribution in [0.3, 0.4) is 0 Å². The van der Waals surface area contributed by atoms with Crippen molar-refractivity contribution in [3.8, 4) is 11.4 Å². The van der Waals surface area contributed by atoms with Gasteiger partial charge in [-0.05, 0) is 37.8 Å². The Morgan fingerprint density at radius 2 is 1.81 bits per heavy atom. The molecule has 3 nitrogen and oxygen atoms in total. The zero-order valence-corrected chi connectivity index (χ0v) is 12.3. The largest absolute Gasteiger partial charge is 0.255 e. The van der Waals surface area contributed by atoms with Gasteiger partial charge >= 0.3 is 0 Å². The maximum Gasteiger partial charge on any atom is 0.163 e. The first-order valence-electron chi connectivity index (χ1n) is 7.22. The monoisotopic (exact) mass is 295 g/mol. The number of hydrogen-bond acceptors (Lipinski definition) is 3. The second-order valence-corrected chi connectivity index (χ2v) is 5.71. The fourth-order valence-corrected chi connectivity index (χ4v) is 3.24. The van der Waals surface area contributed by atoms with E-state index < -0.39 is 0 Å². The summed E-state index contributed by atoms with van der Waals surface area (Å²) in [6.07, 6.45) is 6.12. The summed E-state index contributed by atoms with van der Waals surface area (Å²) in [4.78, 5) is 13.8. The fourth-order valence-electron chi connectivity index (χ4n) is 2.95. The van der Waals surface area contributed by atoms with E-state index >= 15 is 0 Å². The van der Waals surface area contributed by atoms with E-state index in [1.165, 1.54) is 12.8 Å². The topological polar surface area (TPSA) is 38.7 Å². The third-order valence-corrected chi connectivity index (χ3v) is 4.32. The lowest BCUT2D eigenvalue weighted by atomic mass is 9.97. The molecule has 3 aromatic rings. The van der Waals surface area contributed by atoms with Crippen molar-refractivity contribution in [2.24, 2.45) is 0 Å². The highest BCUT2D eigenvalue weighted by Gasteiger charge is 2.18. The van der Waals surface area contributed by atoms with Crippen molar-refractivity contribution in [1.29, 1.82) is 0 Å². The molecule has 1 aliphatic rings. The number of rotatable bonds is 1. The van der Waals surface area contributed by atoms with Crippen LogP contribution in [0.4, 0.5) is 0 Å². The summed E-state index contributed by atoms with van der Waals surface area (Å²) < 4.78 is 0. The maximum atomic E-state index is 6.38. The summed E-state index contributed by atoms with van der Waals surface area (Å²) in [5.74, 6) is 0.685. The molecular formula is C17H14ClN3. The summed E-state index contributed by atoms with van der Waals surface area (Å²) in [6.45, 7) is 0. The zero-order valence-electron chi connectivity index (χ0n) is 11.5. The summed E-state index contributed by atoms with van der Waals surface area (Å²) in [6, 6.07) is 10.1. The van der Waals surface area contributed by atoms with Gasteiger partial charge in [-0.15, -0.1) is 0 Å². The Hall–Kier alpha value is -2.00. The van der Waals surface area contributed by atoms with Gasteiger partial charge in [-0.3, -0.25) is 4.98 Å². The first-order chi connectivity index (χ1) is 10.3. The first-order valence-corrected chi connectivity index (χ1v) is 7.60. The molecule has 0 atom stereocenters. The van der Waals surface area contributed by atoms with E-state index in [0.29, 0.717) is 11.0 Å². The van der Waals surface area contributed by atoms with E-state index in [1.54, 1.807) is 6.20 Å². The quantitative estimate of drug-likeness (QED) is 0.631. The van der Waals surface area contributed by atoms with Gasteiger partial charge < -0.3 is 0 Å². The van der Waals surface area contributed by atoms with Crippen molar-refractivity contribution in [2.75, 3.05) is 0 Å². The first kappa shape index (κ1) is 12.7. The zero-order chi connectivity index (χ0) is 14.2. The molecule has 0 N–H and O–H groups in total. The average molecular weight is 296 g/mol. The van der Waals surface area contributed by atoms with Gasteiger partial charge in [-0.2, -0.15) is 0 Å². The second-order valence-electron chi connectivity index (χ2n) is 5.35. The summed E-state index contributed by atoms with van der Waals surface area (Å²) >= 11 is 6.38. The van der Waals surface area contributed by atoms with Crippen molar-refractivity contribution in [2.45, 2.75) is 25.7 Å². The fraction of sp³-hybridized carbons (Fsp3) is 0.235. The molecule has 2 aromatic heterocycles. The molecule has 1 aromatic carbocycles. The molecule has 0 saturated carbocycles. The molecule has 0 radical (unpaired) electrons. The minimum atomic E-state index is 0.600. The van der Waals surface area contributed by atoms with Gasteiger partial charge in [0.2, 0.25) is 0 Å². The molecule has 21 heavy (non-hydrogen) atoms. The van der Waals surface area contributed by atoms with Crippen molar-refractivity contribution < 1.29 is 0 Å². The lowest BCUT2D eigenvalue weighted by Crippen LogP contribution is -2.09. The summed E-state index contributed by atoms with van der Waals surface area (Å²) in [5, 5.41) is 1.69. The van der Waals surface area contributed by atoms with Gasteiger partial charge in [0.05, 0.1) is 5.52 Å². The SMILES string of the molecule is Clc1nc(-c2cccc3cccnc23)nc2c1CCCC2. The number of benzene rings is 1. The van der Waals surface area contributed by atoms with Crippen molar-refractivity contribution in [3.05, 3.63) is 52.9 Å². The van der Waals surface area contributed by atoms with Crippen molar-refractivity contribution in [1.82, 2.24) is 15.0 Å². The predicted octanol–water partition coefficient (Wildman–Crippen LogP) is 4.22. The van der Waals surface area contributed by atoms with Gasteiger partial charge in [0.1, 0.15) is 5.15 Å². The molecule has 0 aliphatic heterocycles. The minimum absolute atomic E-state index is 0.600. The smallest absolute Gasteiger partial charge is 0.163 e. The number of fused-ring (bicyclic) bond motifs is 2. The molecule has 4 heteroatoms. The van der Waals surface area contributed by atoms with E-state index in [4.69, 9.17) is 16.6 Å². The lowest BCUT2D eigenvalue weighted by molar-refractivity contribution is 0.663. The van der Waals surface area contributed by atoms with Crippen LogP contribution in [0.25, 0.3) is 22.3 Å². The van der Waals surface area contributed by atoms with Crippen LogP contribution in [0.5, 0.6) is 0 Å². The lowest BCUT2D eigenvalue weighted by Gasteiger charge is -2.16. The standard InChI is InChI=1S/C17H14ClN3/c18-16-12-7-1-2-9-14(12)20-17(21-16)13-8-3-5-11-6-4-10-19-15(11)13/h3-6,8,10H,1-2,7,9H2.